The van der Waals surface area contributed by atoms with E-state index in [0.29, 0.717) is 35.7 Å². The van der Waals surface area contributed by atoms with Crippen LogP contribution in [0.4, 0.5) is 0 Å². The molecule has 7 nitrogen and oxygen atoms in total. The summed E-state index contributed by atoms with van der Waals surface area (Å²) in [6, 6.07) is 3.70. The standard InChI is InChI=1S/C20H20N4O3S2/c1-2-15-22-23-16(27-15)11-28-20-21-18-17(13-7-3-4-8-14(13)29-18)19(25)24(20)10-12-6-5-9-26-12/h5-6,9H,2-4,7-8,10-11H2,1H3. The average molecular weight is 429 g/mol. The lowest BCUT2D eigenvalue weighted by molar-refractivity contribution is 0.468. The number of thioether (sulfide) groups is 1. The zero-order valence-corrected chi connectivity index (χ0v) is 17.6. The largest absolute Gasteiger partial charge is 0.467 e. The highest BCUT2D eigenvalue weighted by atomic mass is 32.2. The molecule has 0 saturated heterocycles. The van der Waals surface area contributed by atoms with Gasteiger partial charge in [-0.05, 0) is 43.4 Å². The zero-order valence-electron chi connectivity index (χ0n) is 16.0. The Bertz CT molecular complexity index is 1210. The van der Waals surface area contributed by atoms with Gasteiger partial charge in [-0.2, -0.15) is 0 Å². The molecule has 4 heterocycles. The normalized spacial score (nSPS) is 13.8. The highest BCUT2D eigenvalue weighted by Gasteiger charge is 2.23. The van der Waals surface area contributed by atoms with Gasteiger partial charge in [-0.1, -0.05) is 18.7 Å². The molecule has 4 aromatic heterocycles. The van der Waals surface area contributed by atoms with Crippen LogP contribution < -0.4 is 5.56 Å². The van der Waals surface area contributed by atoms with Gasteiger partial charge in [0.15, 0.2) is 5.16 Å². The van der Waals surface area contributed by atoms with Crippen LogP contribution in [0.15, 0.2) is 37.2 Å². The molecular weight excluding hydrogens is 408 g/mol. The number of aromatic nitrogens is 4. The lowest BCUT2D eigenvalue weighted by Gasteiger charge is -2.12. The number of rotatable bonds is 6. The third-order valence-corrected chi connectivity index (χ3v) is 7.22. The van der Waals surface area contributed by atoms with E-state index in [1.807, 2.05) is 19.1 Å². The molecule has 0 aromatic carbocycles. The molecule has 1 aliphatic rings. The van der Waals surface area contributed by atoms with Gasteiger partial charge in [0.2, 0.25) is 11.8 Å². The van der Waals surface area contributed by atoms with Gasteiger partial charge in [0.05, 0.1) is 23.9 Å². The van der Waals surface area contributed by atoms with Gasteiger partial charge in [-0.3, -0.25) is 9.36 Å². The molecule has 4 aromatic rings. The first-order valence-electron chi connectivity index (χ1n) is 9.74. The summed E-state index contributed by atoms with van der Waals surface area (Å²) in [6.45, 7) is 2.32. The van der Waals surface area contributed by atoms with E-state index in [1.54, 1.807) is 22.2 Å². The SMILES string of the molecule is CCc1nnc(CSc2nc3sc4c(c3c(=O)n2Cc2ccco2)CCCC4)o1. The van der Waals surface area contributed by atoms with Crippen LogP contribution in [0.5, 0.6) is 0 Å². The first kappa shape index (κ1) is 18.6. The highest BCUT2D eigenvalue weighted by molar-refractivity contribution is 7.98. The lowest BCUT2D eigenvalue weighted by atomic mass is 9.97. The molecule has 0 unspecified atom stereocenters. The van der Waals surface area contributed by atoms with Crippen LogP contribution in [-0.2, 0) is 31.6 Å². The van der Waals surface area contributed by atoms with Crippen LogP contribution in [-0.4, -0.2) is 19.7 Å². The fourth-order valence-electron chi connectivity index (χ4n) is 3.64. The van der Waals surface area contributed by atoms with E-state index in [2.05, 4.69) is 10.2 Å². The average Bonchev–Trinajstić information content (AvgIpc) is 3.48. The van der Waals surface area contributed by atoms with Crippen LogP contribution >= 0.6 is 23.1 Å². The van der Waals surface area contributed by atoms with Crippen molar-refractivity contribution in [2.45, 2.75) is 56.5 Å². The molecule has 150 valence electrons. The van der Waals surface area contributed by atoms with Gasteiger partial charge >= 0.3 is 0 Å². The van der Waals surface area contributed by atoms with Crippen LogP contribution in [0.3, 0.4) is 0 Å². The third kappa shape index (κ3) is 3.53. The van der Waals surface area contributed by atoms with Crippen molar-refractivity contribution in [3.8, 4) is 0 Å². The Labute approximate surface area is 175 Å². The van der Waals surface area contributed by atoms with Gasteiger partial charge in [0.25, 0.3) is 5.56 Å². The molecule has 5 rings (SSSR count). The molecule has 0 amide bonds. The van der Waals surface area contributed by atoms with Crippen molar-refractivity contribution >= 4 is 33.3 Å². The summed E-state index contributed by atoms with van der Waals surface area (Å²) in [7, 11) is 0. The van der Waals surface area contributed by atoms with Gasteiger partial charge < -0.3 is 8.83 Å². The Kier molecular flexibility index (Phi) is 5.01. The second-order valence-electron chi connectivity index (χ2n) is 6.99. The van der Waals surface area contributed by atoms with E-state index in [4.69, 9.17) is 13.8 Å². The van der Waals surface area contributed by atoms with E-state index >= 15 is 0 Å². The minimum Gasteiger partial charge on any atom is -0.467 e. The number of nitrogens with zero attached hydrogens (tertiary/aromatic N) is 4. The van der Waals surface area contributed by atoms with Crippen molar-refractivity contribution in [1.82, 2.24) is 19.7 Å². The Morgan fingerprint density at radius 3 is 2.90 bits per heavy atom. The maximum absolute atomic E-state index is 13.5. The van der Waals surface area contributed by atoms with Crippen molar-refractivity contribution < 1.29 is 8.83 Å². The molecule has 0 atom stereocenters. The number of fused-ring (bicyclic) bond motifs is 3. The summed E-state index contributed by atoms with van der Waals surface area (Å²) in [6.07, 6.45) is 6.63. The molecule has 29 heavy (non-hydrogen) atoms. The fourth-order valence-corrected chi connectivity index (χ4v) is 5.78. The highest BCUT2D eigenvalue weighted by Crippen LogP contribution is 2.35. The monoisotopic (exact) mass is 428 g/mol. The molecule has 0 aliphatic heterocycles. The Hall–Kier alpha value is -2.39. The summed E-state index contributed by atoms with van der Waals surface area (Å²) in [4.78, 5) is 20.5. The lowest BCUT2D eigenvalue weighted by Crippen LogP contribution is -2.24. The van der Waals surface area contributed by atoms with Crippen molar-refractivity contribution in [2.75, 3.05) is 0 Å². The molecule has 0 radical (unpaired) electrons. The second kappa shape index (κ2) is 7.79. The predicted molar refractivity (Wildman–Crippen MR) is 112 cm³/mol. The van der Waals surface area contributed by atoms with Crippen molar-refractivity contribution in [1.29, 1.82) is 0 Å². The van der Waals surface area contributed by atoms with E-state index in [1.165, 1.54) is 28.6 Å². The predicted octanol–water partition coefficient (Wildman–Crippen LogP) is 4.22. The van der Waals surface area contributed by atoms with Gasteiger partial charge in [0.1, 0.15) is 10.6 Å². The molecule has 1 aliphatic carbocycles. The number of thiophene rings is 1. The summed E-state index contributed by atoms with van der Waals surface area (Å²) < 4.78 is 12.8. The molecule has 0 saturated carbocycles. The smallest absolute Gasteiger partial charge is 0.263 e. The van der Waals surface area contributed by atoms with E-state index in [-0.39, 0.29) is 5.56 Å². The second-order valence-corrected chi connectivity index (χ2v) is 9.01. The number of hydrogen-bond acceptors (Lipinski definition) is 8. The van der Waals surface area contributed by atoms with Gasteiger partial charge in [-0.15, -0.1) is 21.5 Å². The Morgan fingerprint density at radius 2 is 2.10 bits per heavy atom. The Balaban J connectivity index is 1.57. The third-order valence-electron chi connectivity index (χ3n) is 5.07. The van der Waals surface area contributed by atoms with Crippen LogP contribution in [0.1, 0.15) is 47.7 Å². The molecule has 0 bridgehead atoms. The maximum atomic E-state index is 13.5. The summed E-state index contributed by atoms with van der Waals surface area (Å²) in [5.41, 5.74) is 1.20. The fraction of sp³-hybridized carbons (Fsp3) is 0.400. The van der Waals surface area contributed by atoms with E-state index in [9.17, 15) is 4.79 Å². The minimum atomic E-state index is 0.00748. The van der Waals surface area contributed by atoms with Crippen LogP contribution in [0, 0.1) is 0 Å². The molecular formula is C20H20N4O3S2. The summed E-state index contributed by atoms with van der Waals surface area (Å²) in [5, 5.41) is 9.52. The first-order valence-corrected chi connectivity index (χ1v) is 11.5. The topological polar surface area (TPSA) is 87.0 Å². The minimum absolute atomic E-state index is 0.00748. The molecule has 0 N–H and O–H groups in total. The number of aryl methyl sites for hydroxylation is 3. The maximum Gasteiger partial charge on any atom is 0.263 e. The van der Waals surface area contributed by atoms with Crippen molar-refractivity contribution in [3.05, 3.63) is 56.7 Å². The summed E-state index contributed by atoms with van der Waals surface area (Å²) in [5.74, 6) is 2.35. The molecule has 0 fully saturated rings. The number of furan rings is 1. The van der Waals surface area contributed by atoms with Gasteiger partial charge in [0, 0.05) is 11.3 Å². The van der Waals surface area contributed by atoms with E-state index in [0.717, 1.165) is 35.2 Å². The molecule has 9 heteroatoms. The summed E-state index contributed by atoms with van der Waals surface area (Å²) >= 11 is 3.10. The number of hydrogen-bond donors (Lipinski definition) is 0. The first-order chi connectivity index (χ1) is 14.2. The van der Waals surface area contributed by atoms with E-state index < -0.39 is 0 Å². The molecule has 0 spiro atoms. The quantitative estimate of drug-likeness (QED) is 0.336. The zero-order chi connectivity index (χ0) is 19.8. The van der Waals surface area contributed by atoms with Gasteiger partial charge in [-0.25, -0.2) is 4.98 Å². The van der Waals surface area contributed by atoms with Crippen LogP contribution in [0.25, 0.3) is 10.2 Å². The van der Waals surface area contributed by atoms with Crippen molar-refractivity contribution in [3.63, 3.8) is 0 Å². The van der Waals surface area contributed by atoms with Crippen molar-refractivity contribution in [2.24, 2.45) is 0 Å². The van der Waals surface area contributed by atoms with Crippen LogP contribution in [0.2, 0.25) is 0 Å². The Morgan fingerprint density at radius 1 is 1.24 bits per heavy atom.